The van der Waals surface area contributed by atoms with Crippen molar-refractivity contribution in [1.29, 1.82) is 0 Å². The molecule has 0 unspecified atom stereocenters. The Bertz CT molecular complexity index is 570. The van der Waals surface area contributed by atoms with Crippen LogP contribution in [0.5, 0.6) is 0 Å². The number of aryl methyl sites for hydroxylation is 2. The Balaban J connectivity index is 2.08. The third kappa shape index (κ3) is 3.26. The third-order valence-corrected chi connectivity index (χ3v) is 4.53. The average molecular weight is 294 g/mol. The van der Waals surface area contributed by atoms with Crippen molar-refractivity contribution in [2.24, 2.45) is 0 Å². The summed E-state index contributed by atoms with van der Waals surface area (Å²) >= 11 is 1.74. The number of anilines is 1. The molecule has 20 heavy (non-hydrogen) atoms. The van der Waals surface area contributed by atoms with Gasteiger partial charge in [-0.2, -0.15) is 0 Å². The number of aromatic nitrogens is 2. The lowest BCUT2D eigenvalue weighted by molar-refractivity contribution is 0.200. The van der Waals surface area contributed by atoms with Crippen LogP contribution in [0.15, 0.2) is 6.33 Å². The number of thiophene rings is 1. The summed E-state index contributed by atoms with van der Waals surface area (Å²) in [6.45, 7) is 7.71. The molecule has 2 aromatic rings. The van der Waals surface area contributed by atoms with E-state index in [1.54, 1.807) is 24.8 Å². The van der Waals surface area contributed by atoms with Crippen molar-refractivity contribution < 1.29 is 4.74 Å². The second kappa shape index (κ2) is 6.97. The maximum absolute atomic E-state index is 5.01. The fourth-order valence-electron chi connectivity index (χ4n) is 2.11. The molecular weight excluding hydrogens is 272 g/mol. The Labute approximate surface area is 124 Å². The van der Waals surface area contributed by atoms with Crippen LogP contribution in [-0.2, 0) is 4.74 Å². The SMILES string of the molecule is COCCNCCN(C)c1ncnc2sc(C)c(C)c12. The van der Waals surface area contributed by atoms with E-state index < -0.39 is 0 Å². The molecule has 0 aromatic carbocycles. The van der Waals surface area contributed by atoms with Crippen LogP contribution in [-0.4, -0.2) is 50.4 Å². The molecule has 1 N–H and O–H groups in total. The predicted octanol–water partition coefficient (Wildman–Crippen LogP) is 1.98. The molecular formula is C14H22N4OS. The minimum Gasteiger partial charge on any atom is -0.383 e. The molecule has 0 saturated heterocycles. The van der Waals surface area contributed by atoms with Crippen LogP contribution in [0.2, 0.25) is 0 Å². The largest absolute Gasteiger partial charge is 0.383 e. The van der Waals surface area contributed by atoms with Gasteiger partial charge in [-0.15, -0.1) is 11.3 Å². The summed E-state index contributed by atoms with van der Waals surface area (Å²) in [6, 6.07) is 0. The van der Waals surface area contributed by atoms with Gasteiger partial charge in [0.1, 0.15) is 17.0 Å². The van der Waals surface area contributed by atoms with E-state index in [1.807, 2.05) is 0 Å². The molecule has 0 atom stereocenters. The molecule has 2 heterocycles. The van der Waals surface area contributed by atoms with E-state index in [9.17, 15) is 0 Å². The molecule has 110 valence electrons. The Morgan fingerprint density at radius 3 is 2.85 bits per heavy atom. The van der Waals surface area contributed by atoms with Crippen LogP contribution >= 0.6 is 11.3 Å². The zero-order chi connectivity index (χ0) is 14.5. The Kier molecular flexibility index (Phi) is 5.28. The van der Waals surface area contributed by atoms with Crippen molar-refractivity contribution in [3.63, 3.8) is 0 Å². The second-order valence-electron chi connectivity index (χ2n) is 4.83. The van der Waals surface area contributed by atoms with E-state index in [0.717, 1.165) is 36.9 Å². The molecule has 0 aliphatic carbocycles. The first kappa shape index (κ1) is 15.2. The molecule has 0 fully saturated rings. The average Bonchev–Trinajstić information content (AvgIpc) is 2.74. The first-order valence-electron chi connectivity index (χ1n) is 6.76. The lowest BCUT2D eigenvalue weighted by atomic mass is 10.2. The summed E-state index contributed by atoms with van der Waals surface area (Å²) in [5, 5.41) is 4.54. The van der Waals surface area contributed by atoms with Gasteiger partial charge in [0.15, 0.2) is 0 Å². The maximum atomic E-state index is 5.01. The fraction of sp³-hybridized carbons (Fsp3) is 0.571. The van der Waals surface area contributed by atoms with Crippen LogP contribution < -0.4 is 10.2 Å². The van der Waals surface area contributed by atoms with Gasteiger partial charge in [0, 0.05) is 38.7 Å². The van der Waals surface area contributed by atoms with Gasteiger partial charge in [-0.3, -0.25) is 0 Å². The lowest BCUT2D eigenvalue weighted by Crippen LogP contribution is -2.31. The number of ether oxygens (including phenoxy) is 1. The van der Waals surface area contributed by atoms with E-state index in [1.165, 1.54) is 15.8 Å². The Hall–Kier alpha value is -1.24. The molecule has 2 rings (SSSR count). The first-order chi connectivity index (χ1) is 9.65. The van der Waals surface area contributed by atoms with Crippen LogP contribution in [0.25, 0.3) is 10.2 Å². The number of hydrogen-bond acceptors (Lipinski definition) is 6. The van der Waals surface area contributed by atoms with E-state index in [-0.39, 0.29) is 0 Å². The van der Waals surface area contributed by atoms with Crippen LogP contribution in [0.4, 0.5) is 5.82 Å². The van der Waals surface area contributed by atoms with Crippen molar-refractivity contribution >= 4 is 27.4 Å². The van der Waals surface area contributed by atoms with Crippen molar-refractivity contribution in [1.82, 2.24) is 15.3 Å². The van der Waals surface area contributed by atoms with Gasteiger partial charge in [-0.1, -0.05) is 0 Å². The Morgan fingerprint density at radius 1 is 1.30 bits per heavy atom. The summed E-state index contributed by atoms with van der Waals surface area (Å²) < 4.78 is 5.01. The van der Waals surface area contributed by atoms with E-state index in [0.29, 0.717) is 0 Å². The van der Waals surface area contributed by atoms with Crippen molar-refractivity contribution in [2.75, 3.05) is 45.3 Å². The topological polar surface area (TPSA) is 50.3 Å². The highest BCUT2D eigenvalue weighted by Gasteiger charge is 2.14. The molecule has 0 spiro atoms. The van der Waals surface area contributed by atoms with Gasteiger partial charge in [-0.25, -0.2) is 9.97 Å². The molecule has 6 heteroatoms. The van der Waals surface area contributed by atoms with E-state index in [4.69, 9.17) is 4.74 Å². The third-order valence-electron chi connectivity index (χ3n) is 3.41. The number of likely N-dealkylation sites (N-methyl/N-ethyl adjacent to an activating group) is 1. The molecule has 0 bridgehead atoms. The maximum Gasteiger partial charge on any atom is 0.140 e. The zero-order valence-electron chi connectivity index (χ0n) is 12.6. The second-order valence-corrected chi connectivity index (χ2v) is 6.03. The number of methoxy groups -OCH3 is 1. The predicted molar refractivity (Wildman–Crippen MR) is 84.9 cm³/mol. The van der Waals surface area contributed by atoms with Gasteiger partial charge in [0.25, 0.3) is 0 Å². The summed E-state index contributed by atoms with van der Waals surface area (Å²) in [5.41, 5.74) is 1.29. The number of hydrogen-bond donors (Lipinski definition) is 1. The molecule has 0 amide bonds. The number of rotatable bonds is 7. The number of nitrogens with zero attached hydrogens (tertiary/aromatic N) is 3. The van der Waals surface area contributed by atoms with Gasteiger partial charge in [0.05, 0.1) is 12.0 Å². The minimum absolute atomic E-state index is 0.740. The summed E-state index contributed by atoms with van der Waals surface area (Å²) in [7, 11) is 3.79. The number of nitrogens with one attached hydrogen (secondary N) is 1. The van der Waals surface area contributed by atoms with Crippen molar-refractivity contribution in [3.05, 3.63) is 16.8 Å². The van der Waals surface area contributed by atoms with Crippen molar-refractivity contribution in [2.45, 2.75) is 13.8 Å². The summed E-state index contributed by atoms with van der Waals surface area (Å²) in [6.07, 6.45) is 1.65. The standard InChI is InChI=1S/C14H22N4OS/c1-10-11(2)20-14-12(10)13(16-9-17-14)18(3)7-5-15-6-8-19-4/h9,15H,5-8H2,1-4H3. The van der Waals surface area contributed by atoms with Gasteiger partial charge < -0.3 is 15.0 Å². The summed E-state index contributed by atoms with van der Waals surface area (Å²) in [4.78, 5) is 13.4. The van der Waals surface area contributed by atoms with Gasteiger partial charge in [0.2, 0.25) is 0 Å². The quantitative estimate of drug-likeness (QED) is 0.791. The highest BCUT2D eigenvalue weighted by molar-refractivity contribution is 7.18. The van der Waals surface area contributed by atoms with Crippen LogP contribution in [0.3, 0.4) is 0 Å². The number of fused-ring (bicyclic) bond motifs is 1. The van der Waals surface area contributed by atoms with E-state index >= 15 is 0 Å². The lowest BCUT2D eigenvalue weighted by Gasteiger charge is -2.19. The van der Waals surface area contributed by atoms with Crippen LogP contribution in [0, 0.1) is 13.8 Å². The Morgan fingerprint density at radius 2 is 2.10 bits per heavy atom. The normalized spacial score (nSPS) is 11.2. The highest BCUT2D eigenvalue weighted by atomic mass is 32.1. The van der Waals surface area contributed by atoms with E-state index in [2.05, 4.69) is 41.1 Å². The van der Waals surface area contributed by atoms with Gasteiger partial charge in [-0.05, 0) is 19.4 Å². The fourth-order valence-corrected chi connectivity index (χ4v) is 3.10. The summed E-state index contributed by atoms with van der Waals surface area (Å²) in [5.74, 6) is 1.02. The monoisotopic (exact) mass is 294 g/mol. The first-order valence-corrected chi connectivity index (χ1v) is 7.58. The molecule has 0 aliphatic rings. The minimum atomic E-state index is 0.740. The molecule has 0 radical (unpaired) electrons. The van der Waals surface area contributed by atoms with Crippen LogP contribution in [0.1, 0.15) is 10.4 Å². The molecule has 0 saturated carbocycles. The zero-order valence-corrected chi connectivity index (χ0v) is 13.4. The smallest absolute Gasteiger partial charge is 0.140 e. The molecule has 0 aliphatic heterocycles. The molecule has 2 aromatic heterocycles. The molecule has 5 nitrogen and oxygen atoms in total. The van der Waals surface area contributed by atoms with Gasteiger partial charge >= 0.3 is 0 Å². The highest BCUT2D eigenvalue weighted by Crippen LogP contribution is 2.33. The van der Waals surface area contributed by atoms with Crippen molar-refractivity contribution in [3.8, 4) is 0 Å².